The van der Waals surface area contributed by atoms with Crippen LogP contribution in [0.5, 0.6) is 0 Å². The van der Waals surface area contributed by atoms with E-state index in [-0.39, 0.29) is 17.2 Å². The van der Waals surface area contributed by atoms with E-state index in [4.69, 9.17) is 0 Å². The maximum absolute atomic E-state index is 14.3. The van der Waals surface area contributed by atoms with E-state index in [0.29, 0.717) is 5.69 Å². The van der Waals surface area contributed by atoms with Crippen LogP contribution in [0.2, 0.25) is 0 Å². The van der Waals surface area contributed by atoms with Crippen LogP contribution in [-0.2, 0) is 6.42 Å². The predicted octanol–water partition coefficient (Wildman–Crippen LogP) is 4.52. The van der Waals surface area contributed by atoms with E-state index in [1.54, 1.807) is 11.3 Å². The molecule has 25 heavy (non-hydrogen) atoms. The molecule has 6 heteroatoms. The average molecular weight is 354 g/mol. The molecule has 0 radical (unpaired) electrons. The van der Waals surface area contributed by atoms with Gasteiger partial charge < -0.3 is 0 Å². The number of benzene rings is 2. The van der Waals surface area contributed by atoms with E-state index in [2.05, 4.69) is 10.2 Å². The molecule has 2 aromatic heterocycles. The van der Waals surface area contributed by atoms with Gasteiger partial charge in [-0.05, 0) is 45.6 Å². The van der Waals surface area contributed by atoms with E-state index < -0.39 is 17.2 Å². The van der Waals surface area contributed by atoms with Gasteiger partial charge >= 0.3 is 0 Å². The number of aromatic amines is 1. The normalized spacial score (nSPS) is 11.1. The second-order valence-electron chi connectivity index (χ2n) is 5.67. The molecule has 0 saturated heterocycles. The van der Waals surface area contributed by atoms with Gasteiger partial charge in [-0.2, -0.15) is 16.4 Å². The Bertz CT molecular complexity index is 1120. The fourth-order valence-electron chi connectivity index (χ4n) is 2.90. The number of nitrogens with zero attached hydrogens (tertiary/aromatic N) is 1. The number of aromatic nitrogens is 2. The van der Waals surface area contributed by atoms with Gasteiger partial charge in [-0.3, -0.25) is 4.79 Å². The molecule has 0 unspecified atom stereocenters. The van der Waals surface area contributed by atoms with Crippen LogP contribution in [-0.4, -0.2) is 10.2 Å². The first-order valence-electron chi connectivity index (χ1n) is 7.60. The average Bonchev–Trinajstić information content (AvgIpc) is 3.15. The lowest BCUT2D eigenvalue weighted by molar-refractivity contribution is 0.614. The van der Waals surface area contributed by atoms with E-state index in [1.165, 1.54) is 0 Å². The SMILES string of the molecule is O=c1[nH]nc(Cc2cccc(-c3ccsc3)c2)c2c(F)ccc(F)c12. The van der Waals surface area contributed by atoms with E-state index in [0.717, 1.165) is 28.8 Å². The summed E-state index contributed by atoms with van der Waals surface area (Å²) >= 11 is 1.61. The van der Waals surface area contributed by atoms with E-state index in [9.17, 15) is 13.6 Å². The highest BCUT2D eigenvalue weighted by atomic mass is 32.1. The smallest absolute Gasteiger partial charge is 0.267 e. The van der Waals surface area contributed by atoms with Gasteiger partial charge in [0.05, 0.1) is 11.1 Å². The molecule has 4 aromatic rings. The van der Waals surface area contributed by atoms with Crippen LogP contribution >= 0.6 is 11.3 Å². The van der Waals surface area contributed by atoms with Crippen LogP contribution in [0.25, 0.3) is 21.9 Å². The molecule has 2 aromatic carbocycles. The molecule has 0 spiro atoms. The summed E-state index contributed by atoms with van der Waals surface area (Å²) in [5.74, 6) is -1.41. The molecule has 0 atom stereocenters. The number of thiophene rings is 1. The number of fused-ring (bicyclic) bond motifs is 1. The van der Waals surface area contributed by atoms with Gasteiger partial charge in [0, 0.05) is 11.8 Å². The minimum atomic E-state index is -0.756. The van der Waals surface area contributed by atoms with Crippen molar-refractivity contribution in [2.75, 3.05) is 0 Å². The summed E-state index contributed by atoms with van der Waals surface area (Å²) in [6.07, 6.45) is 0.283. The Labute approximate surface area is 145 Å². The van der Waals surface area contributed by atoms with Crippen LogP contribution in [0.4, 0.5) is 8.78 Å². The van der Waals surface area contributed by atoms with Crippen molar-refractivity contribution in [2.24, 2.45) is 0 Å². The van der Waals surface area contributed by atoms with E-state index >= 15 is 0 Å². The molecule has 4 rings (SSSR count). The second kappa shape index (κ2) is 6.22. The van der Waals surface area contributed by atoms with Crippen molar-refractivity contribution >= 4 is 22.1 Å². The van der Waals surface area contributed by atoms with Crippen molar-refractivity contribution in [1.82, 2.24) is 10.2 Å². The quantitative estimate of drug-likeness (QED) is 0.588. The minimum Gasteiger partial charge on any atom is -0.267 e. The molecule has 124 valence electrons. The van der Waals surface area contributed by atoms with Gasteiger partial charge in [-0.1, -0.05) is 24.3 Å². The van der Waals surface area contributed by atoms with Gasteiger partial charge in [0.25, 0.3) is 5.56 Å². The molecular formula is C19H12F2N2OS. The zero-order chi connectivity index (χ0) is 17.4. The highest BCUT2D eigenvalue weighted by molar-refractivity contribution is 7.08. The van der Waals surface area contributed by atoms with Crippen molar-refractivity contribution in [3.8, 4) is 11.1 Å². The summed E-state index contributed by atoms with van der Waals surface area (Å²) in [4.78, 5) is 11.8. The lowest BCUT2D eigenvalue weighted by Crippen LogP contribution is -2.14. The molecule has 0 amide bonds. The Morgan fingerprint density at radius 3 is 2.56 bits per heavy atom. The summed E-state index contributed by atoms with van der Waals surface area (Å²) in [5.41, 5.74) is 2.60. The Morgan fingerprint density at radius 1 is 1.00 bits per heavy atom. The monoisotopic (exact) mass is 354 g/mol. The third-order valence-electron chi connectivity index (χ3n) is 4.06. The van der Waals surface area contributed by atoms with Gasteiger partial charge in [-0.15, -0.1) is 0 Å². The highest BCUT2D eigenvalue weighted by Gasteiger charge is 2.15. The molecule has 0 aliphatic heterocycles. The van der Waals surface area contributed by atoms with Crippen LogP contribution in [0.3, 0.4) is 0 Å². The molecule has 0 aliphatic rings. The minimum absolute atomic E-state index is 0.0651. The number of rotatable bonds is 3. The lowest BCUT2D eigenvalue weighted by atomic mass is 10.0. The first-order valence-corrected chi connectivity index (χ1v) is 8.54. The molecule has 0 aliphatic carbocycles. The predicted molar refractivity (Wildman–Crippen MR) is 94.8 cm³/mol. The summed E-state index contributed by atoms with van der Waals surface area (Å²) < 4.78 is 28.2. The molecule has 0 saturated carbocycles. The van der Waals surface area contributed by atoms with Gasteiger partial charge in [0.1, 0.15) is 11.6 Å². The van der Waals surface area contributed by atoms with Crippen LogP contribution in [0, 0.1) is 11.6 Å². The number of nitrogens with one attached hydrogen (secondary N) is 1. The molecule has 2 heterocycles. The van der Waals surface area contributed by atoms with Crippen molar-refractivity contribution in [2.45, 2.75) is 6.42 Å². The van der Waals surface area contributed by atoms with Crippen molar-refractivity contribution in [3.63, 3.8) is 0 Å². The molecular weight excluding hydrogens is 342 g/mol. The highest BCUT2D eigenvalue weighted by Crippen LogP contribution is 2.26. The third-order valence-corrected chi connectivity index (χ3v) is 4.75. The first kappa shape index (κ1) is 15.7. The maximum atomic E-state index is 14.3. The Hall–Kier alpha value is -2.86. The summed E-state index contributed by atoms with van der Waals surface area (Å²) in [6.45, 7) is 0. The fourth-order valence-corrected chi connectivity index (χ4v) is 3.56. The van der Waals surface area contributed by atoms with Crippen molar-refractivity contribution < 1.29 is 8.78 Å². The second-order valence-corrected chi connectivity index (χ2v) is 6.45. The Balaban J connectivity index is 1.82. The first-order chi connectivity index (χ1) is 12.1. The topological polar surface area (TPSA) is 45.8 Å². The molecule has 1 N–H and O–H groups in total. The largest absolute Gasteiger partial charge is 0.275 e. The van der Waals surface area contributed by atoms with Crippen LogP contribution in [0.1, 0.15) is 11.3 Å². The Morgan fingerprint density at radius 2 is 1.80 bits per heavy atom. The Kier molecular flexibility index (Phi) is 3.89. The number of H-pyrrole nitrogens is 1. The molecule has 0 fully saturated rings. The third kappa shape index (κ3) is 2.85. The fraction of sp³-hybridized carbons (Fsp3) is 0.0526. The van der Waals surface area contributed by atoms with Gasteiger partial charge in [-0.25, -0.2) is 13.9 Å². The number of hydrogen-bond donors (Lipinski definition) is 1. The summed E-state index contributed by atoms with van der Waals surface area (Å²) in [6, 6.07) is 11.8. The summed E-state index contributed by atoms with van der Waals surface area (Å²) in [7, 11) is 0. The number of hydrogen-bond acceptors (Lipinski definition) is 3. The number of halogens is 2. The van der Waals surface area contributed by atoms with Crippen molar-refractivity contribution in [1.29, 1.82) is 0 Å². The zero-order valence-electron chi connectivity index (χ0n) is 12.9. The lowest BCUT2D eigenvalue weighted by Gasteiger charge is -2.08. The zero-order valence-corrected chi connectivity index (χ0v) is 13.7. The summed E-state index contributed by atoms with van der Waals surface area (Å²) in [5, 5.41) is 9.90. The van der Waals surface area contributed by atoms with Crippen LogP contribution < -0.4 is 5.56 Å². The molecule has 0 bridgehead atoms. The van der Waals surface area contributed by atoms with Crippen LogP contribution in [0.15, 0.2) is 58.0 Å². The standard InChI is InChI=1S/C19H12F2N2OS/c20-14-4-5-15(21)18-17(14)16(22-23-19(18)24)9-11-2-1-3-12(8-11)13-6-7-25-10-13/h1-8,10H,9H2,(H,23,24). The molecule has 3 nitrogen and oxygen atoms in total. The van der Waals surface area contributed by atoms with E-state index in [1.807, 2.05) is 41.1 Å². The maximum Gasteiger partial charge on any atom is 0.275 e. The van der Waals surface area contributed by atoms with Gasteiger partial charge in [0.15, 0.2) is 0 Å². The van der Waals surface area contributed by atoms with Gasteiger partial charge in [0.2, 0.25) is 0 Å². The van der Waals surface area contributed by atoms with Crippen molar-refractivity contribution in [3.05, 3.63) is 86.5 Å².